The van der Waals surface area contributed by atoms with Gasteiger partial charge in [0.15, 0.2) is 0 Å². The van der Waals surface area contributed by atoms with Crippen molar-refractivity contribution >= 4 is 35.2 Å². The summed E-state index contributed by atoms with van der Waals surface area (Å²) in [6.45, 7) is 4.29. The summed E-state index contributed by atoms with van der Waals surface area (Å²) in [5.74, 6) is 0. The predicted octanol–water partition coefficient (Wildman–Crippen LogP) is 4.40. The second kappa shape index (κ2) is 8.03. The number of carbonyl (C=O) groups is 1. The summed E-state index contributed by atoms with van der Waals surface area (Å²) in [5.41, 5.74) is 6.44. The quantitative estimate of drug-likeness (QED) is 0.630. The molecule has 2 N–H and O–H groups in total. The number of urea groups is 1. The van der Waals surface area contributed by atoms with Crippen LogP contribution in [-0.4, -0.2) is 25.3 Å². The van der Waals surface area contributed by atoms with Crippen molar-refractivity contribution in [3.63, 3.8) is 0 Å². The van der Waals surface area contributed by atoms with Gasteiger partial charge in [0.1, 0.15) is 0 Å². The van der Waals surface area contributed by atoms with Crippen molar-refractivity contribution in [2.75, 3.05) is 23.3 Å². The highest BCUT2D eigenvalue weighted by molar-refractivity contribution is 6.30. The number of carbonyl (C=O) groups excluding carboxylic acids is 1. The lowest BCUT2D eigenvalue weighted by atomic mass is 10.1. The highest BCUT2D eigenvalue weighted by atomic mass is 35.5. The third-order valence-electron chi connectivity index (χ3n) is 4.18. The van der Waals surface area contributed by atoms with Crippen molar-refractivity contribution in [3.8, 4) is 0 Å². The molecule has 130 valence electrons. The van der Waals surface area contributed by atoms with Gasteiger partial charge in [-0.25, -0.2) is 10.2 Å². The molecule has 1 aliphatic heterocycles. The van der Waals surface area contributed by atoms with Gasteiger partial charge in [-0.1, -0.05) is 23.7 Å². The first-order chi connectivity index (χ1) is 12.1. The van der Waals surface area contributed by atoms with Gasteiger partial charge >= 0.3 is 6.03 Å². The third kappa shape index (κ3) is 4.73. The second-order valence-corrected chi connectivity index (χ2v) is 6.51. The van der Waals surface area contributed by atoms with Crippen LogP contribution in [0.5, 0.6) is 0 Å². The number of benzene rings is 2. The van der Waals surface area contributed by atoms with E-state index in [0.717, 1.165) is 24.2 Å². The van der Waals surface area contributed by atoms with Crippen molar-refractivity contribution < 1.29 is 4.79 Å². The Morgan fingerprint density at radius 2 is 2.00 bits per heavy atom. The molecule has 1 fully saturated rings. The Hall–Kier alpha value is -2.53. The van der Waals surface area contributed by atoms with E-state index in [2.05, 4.69) is 32.9 Å². The van der Waals surface area contributed by atoms with E-state index < -0.39 is 6.03 Å². The number of halogens is 1. The molecule has 0 aromatic heterocycles. The molecule has 2 amide bonds. The van der Waals surface area contributed by atoms with Gasteiger partial charge < -0.3 is 10.2 Å². The minimum absolute atomic E-state index is 0.412. The molecule has 0 saturated carbocycles. The van der Waals surface area contributed by atoms with Gasteiger partial charge in [0.05, 0.1) is 6.21 Å². The summed E-state index contributed by atoms with van der Waals surface area (Å²) in [6, 6.07) is 12.8. The fourth-order valence-electron chi connectivity index (χ4n) is 2.86. The van der Waals surface area contributed by atoms with E-state index in [0.29, 0.717) is 10.7 Å². The lowest BCUT2D eigenvalue weighted by molar-refractivity contribution is 0.252. The molecule has 5 nitrogen and oxygen atoms in total. The van der Waals surface area contributed by atoms with Gasteiger partial charge in [-0.3, -0.25) is 0 Å². The maximum Gasteiger partial charge on any atom is 0.339 e. The van der Waals surface area contributed by atoms with Crippen molar-refractivity contribution in [1.29, 1.82) is 0 Å². The van der Waals surface area contributed by atoms with Crippen LogP contribution in [0.4, 0.5) is 16.2 Å². The van der Waals surface area contributed by atoms with E-state index in [4.69, 9.17) is 11.6 Å². The van der Waals surface area contributed by atoms with Crippen molar-refractivity contribution in [2.24, 2.45) is 5.10 Å². The van der Waals surface area contributed by atoms with E-state index in [9.17, 15) is 4.79 Å². The van der Waals surface area contributed by atoms with E-state index in [1.807, 2.05) is 13.0 Å². The number of nitrogens with one attached hydrogen (secondary N) is 2. The largest absolute Gasteiger partial charge is 0.372 e. The first-order valence-corrected chi connectivity index (χ1v) is 8.71. The Morgan fingerprint density at radius 1 is 1.20 bits per heavy atom. The number of hydrogen-bond acceptors (Lipinski definition) is 3. The molecule has 2 aromatic carbocycles. The maximum absolute atomic E-state index is 11.8. The SMILES string of the molecule is Cc1cc(N2CCCC2)ccc1/C=N/NC(=O)Nc1cccc(Cl)c1. The van der Waals surface area contributed by atoms with Crippen molar-refractivity contribution in [1.82, 2.24) is 5.43 Å². The topological polar surface area (TPSA) is 56.7 Å². The lowest BCUT2D eigenvalue weighted by Gasteiger charge is -2.18. The predicted molar refractivity (Wildman–Crippen MR) is 104 cm³/mol. The van der Waals surface area contributed by atoms with Gasteiger partial charge in [0.25, 0.3) is 0 Å². The summed E-state index contributed by atoms with van der Waals surface area (Å²) < 4.78 is 0. The first-order valence-electron chi connectivity index (χ1n) is 8.33. The highest BCUT2D eigenvalue weighted by Crippen LogP contribution is 2.22. The van der Waals surface area contributed by atoms with Gasteiger partial charge in [0, 0.05) is 29.5 Å². The molecule has 0 radical (unpaired) electrons. The molecule has 0 unspecified atom stereocenters. The number of hydrazone groups is 1. The van der Waals surface area contributed by atoms with Crippen molar-refractivity contribution in [3.05, 3.63) is 58.6 Å². The number of amides is 2. The average Bonchev–Trinajstić information content (AvgIpc) is 3.11. The molecule has 2 aromatic rings. The van der Waals surface area contributed by atoms with Gasteiger partial charge in [-0.05, 0) is 61.2 Å². The molecular formula is C19H21ClN4O. The van der Waals surface area contributed by atoms with E-state index >= 15 is 0 Å². The number of rotatable bonds is 4. The van der Waals surface area contributed by atoms with Crippen LogP contribution in [0.1, 0.15) is 24.0 Å². The van der Waals surface area contributed by atoms with Crippen LogP contribution in [0.3, 0.4) is 0 Å². The molecule has 1 saturated heterocycles. The highest BCUT2D eigenvalue weighted by Gasteiger charge is 2.12. The summed E-state index contributed by atoms with van der Waals surface area (Å²) in [6.07, 6.45) is 4.17. The number of hydrogen-bond donors (Lipinski definition) is 2. The Bertz CT molecular complexity index is 785. The van der Waals surface area contributed by atoms with E-state index in [-0.39, 0.29) is 0 Å². The van der Waals surface area contributed by atoms with Crippen LogP contribution in [-0.2, 0) is 0 Å². The van der Waals surface area contributed by atoms with Crippen LogP contribution in [0.2, 0.25) is 5.02 Å². The standard InChI is InChI=1S/C19H21ClN4O/c1-14-11-18(24-9-2-3-10-24)8-7-15(14)13-21-23-19(25)22-17-6-4-5-16(20)12-17/h4-8,11-13H,2-3,9-10H2,1H3,(H2,22,23,25)/b21-13+. The number of anilines is 2. The van der Waals surface area contributed by atoms with E-state index in [1.165, 1.54) is 18.5 Å². The van der Waals surface area contributed by atoms with E-state index in [1.54, 1.807) is 30.5 Å². The zero-order valence-corrected chi connectivity index (χ0v) is 14.9. The molecular weight excluding hydrogens is 336 g/mol. The van der Waals surface area contributed by atoms with Gasteiger partial charge in [-0.15, -0.1) is 0 Å². The summed E-state index contributed by atoms with van der Waals surface area (Å²) in [7, 11) is 0. The van der Waals surface area contributed by atoms with Crippen LogP contribution in [0.25, 0.3) is 0 Å². The molecule has 25 heavy (non-hydrogen) atoms. The molecule has 0 spiro atoms. The average molecular weight is 357 g/mol. The van der Waals surface area contributed by atoms with Gasteiger partial charge in [-0.2, -0.15) is 5.10 Å². The molecule has 1 heterocycles. The van der Waals surface area contributed by atoms with Crippen molar-refractivity contribution in [2.45, 2.75) is 19.8 Å². The summed E-state index contributed by atoms with van der Waals surface area (Å²) >= 11 is 5.89. The van der Waals surface area contributed by atoms with Crippen LogP contribution in [0.15, 0.2) is 47.6 Å². The minimum atomic E-state index is -0.412. The minimum Gasteiger partial charge on any atom is -0.372 e. The van der Waals surface area contributed by atoms with Crippen LogP contribution < -0.4 is 15.6 Å². The molecule has 0 bridgehead atoms. The second-order valence-electron chi connectivity index (χ2n) is 6.07. The van der Waals surface area contributed by atoms with Crippen LogP contribution in [0, 0.1) is 6.92 Å². The Balaban J connectivity index is 1.57. The molecule has 1 aliphatic rings. The smallest absolute Gasteiger partial charge is 0.339 e. The molecule has 0 atom stereocenters. The lowest BCUT2D eigenvalue weighted by Crippen LogP contribution is -2.24. The number of aryl methyl sites for hydroxylation is 1. The first kappa shape index (κ1) is 17.3. The molecule has 6 heteroatoms. The summed E-state index contributed by atoms with van der Waals surface area (Å²) in [4.78, 5) is 14.2. The third-order valence-corrected chi connectivity index (χ3v) is 4.41. The van der Waals surface area contributed by atoms with Gasteiger partial charge in [0.2, 0.25) is 0 Å². The molecule has 0 aliphatic carbocycles. The Labute approximate surface area is 152 Å². The zero-order valence-electron chi connectivity index (χ0n) is 14.1. The maximum atomic E-state index is 11.8. The fourth-order valence-corrected chi connectivity index (χ4v) is 3.05. The number of nitrogens with zero attached hydrogens (tertiary/aromatic N) is 2. The Kier molecular flexibility index (Phi) is 5.56. The molecule has 3 rings (SSSR count). The monoisotopic (exact) mass is 356 g/mol. The van der Waals surface area contributed by atoms with Crippen LogP contribution >= 0.6 is 11.6 Å². The zero-order chi connectivity index (χ0) is 17.6. The fraction of sp³-hybridized carbons (Fsp3) is 0.263. The normalized spacial score (nSPS) is 14.1. The Morgan fingerprint density at radius 3 is 2.72 bits per heavy atom. The summed E-state index contributed by atoms with van der Waals surface area (Å²) in [5, 5.41) is 7.25.